The maximum absolute atomic E-state index is 2.63. The van der Waals surface area contributed by atoms with Gasteiger partial charge in [-0.3, -0.25) is 0 Å². The van der Waals surface area contributed by atoms with Gasteiger partial charge in [-0.05, 0) is 179 Å². The van der Waals surface area contributed by atoms with Crippen molar-refractivity contribution < 1.29 is 0 Å². The number of hydrogen-bond acceptors (Lipinski definition) is 4. The first-order chi connectivity index (χ1) is 38.2. The molecule has 2 aliphatic rings. The second-order valence-electron chi connectivity index (χ2n) is 21.3. The van der Waals surface area contributed by atoms with Crippen molar-refractivity contribution in [1.82, 2.24) is 0 Å². The molecule has 0 fully saturated rings. The van der Waals surface area contributed by atoms with Gasteiger partial charge in [0.2, 0.25) is 13.4 Å². The number of fused-ring (bicyclic) bond motifs is 4. The summed E-state index contributed by atoms with van der Waals surface area (Å²) in [5, 5.41) is 0. The van der Waals surface area contributed by atoms with Crippen molar-refractivity contribution >= 4 is 114 Å². The summed E-state index contributed by atoms with van der Waals surface area (Å²) in [6.07, 6.45) is 0. The number of benzene rings is 11. The third-order valence-corrected chi connectivity index (χ3v) is 16.1. The van der Waals surface area contributed by atoms with E-state index in [1.807, 2.05) is 0 Å². The number of aryl methyl sites for hydroxylation is 6. The number of rotatable bonds is 10. The lowest BCUT2D eigenvalue weighted by molar-refractivity contribution is 1.24. The van der Waals surface area contributed by atoms with Gasteiger partial charge >= 0.3 is 0 Å². The Morgan fingerprint density at radius 2 is 0.538 bits per heavy atom. The highest BCUT2D eigenvalue weighted by atomic mass is 15.2. The van der Waals surface area contributed by atoms with E-state index < -0.39 is 0 Å². The fraction of sp³-hybridized carbons (Fsp3) is 0.0833. The van der Waals surface area contributed by atoms with Crippen LogP contribution < -0.4 is 52.4 Å². The van der Waals surface area contributed by atoms with Crippen LogP contribution in [-0.2, 0) is 0 Å². The van der Waals surface area contributed by atoms with Crippen molar-refractivity contribution in [3.8, 4) is 0 Å². The first-order valence-electron chi connectivity index (χ1n) is 27.3. The van der Waals surface area contributed by atoms with Gasteiger partial charge in [0.1, 0.15) is 0 Å². The molecule has 0 unspecified atom stereocenters. The molecule has 0 amide bonds. The lowest BCUT2D eigenvalue weighted by Gasteiger charge is -2.43. The van der Waals surface area contributed by atoms with E-state index >= 15 is 0 Å². The molecule has 13 rings (SSSR count). The van der Waals surface area contributed by atoms with E-state index in [0.717, 1.165) is 45.5 Å². The largest absolute Gasteiger partial charge is 0.311 e. The van der Waals surface area contributed by atoms with Gasteiger partial charge in [-0.15, -0.1) is 0 Å². The standard InChI is InChI=1S/C72H60B2N4/c1-49-41-51(3)71(52(4)42-49)73-63-45-61(75(55-25-13-7-14-26-55)56-27-15-8-16-28-56)37-39-67(63)77(59-33-21-11-22-34-59)69-48-70-66(47-65(69)73)74(72-53(5)43-50(2)44-54(72)6)64-46-62(38-40-68(64)78(70)60-35-23-12-24-36-60)76(57-29-17-9-18-30-57)58-31-19-10-20-32-58/h7-48H,1-6H3. The molecule has 11 aromatic carbocycles. The van der Waals surface area contributed by atoms with Crippen molar-refractivity contribution in [1.29, 1.82) is 0 Å². The Hall–Kier alpha value is -9.25. The molecule has 6 heteroatoms. The molecule has 0 spiro atoms. The fourth-order valence-electron chi connectivity index (χ4n) is 13.1. The Balaban J connectivity index is 1.14. The van der Waals surface area contributed by atoms with Gasteiger partial charge in [-0.2, -0.15) is 0 Å². The zero-order valence-electron chi connectivity index (χ0n) is 45.2. The molecule has 2 aliphatic heterocycles. The van der Waals surface area contributed by atoms with Crippen LogP contribution >= 0.6 is 0 Å². The van der Waals surface area contributed by atoms with Crippen LogP contribution in [-0.4, -0.2) is 13.4 Å². The minimum Gasteiger partial charge on any atom is -0.311 e. The van der Waals surface area contributed by atoms with E-state index in [-0.39, 0.29) is 13.4 Å². The summed E-state index contributed by atoms with van der Waals surface area (Å²) in [6, 6.07) is 94.3. The zero-order chi connectivity index (χ0) is 53.0. The summed E-state index contributed by atoms with van der Waals surface area (Å²) in [7, 11) is 0. The Morgan fingerprint density at radius 3 is 0.846 bits per heavy atom. The maximum Gasteiger partial charge on any atom is 0.247 e. The molecule has 0 radical (unpaired) electrons. The van der Waals surface area contributed by atoms with Gasteiger partial charge in [-0.1, -0.05) is 184 Å². The topological polar surface area (TPSA) is 13.0 Å². The Bertz CT molecular complexity index is 3620. The first-order valence-corrected chi connectivity index (χ1v) is 27.3. The summed E-state index contributed by atoms with van der Waals surface area (Å²) in [4.78, 5) is 9.88. The van der Waals surface area contributed by atoms with Gasteiger partial charge < -0.3 is 19.6 Å². The second kappa shape index (κ2) is 20.0. The van der Waals surface area contributed by atoms with Crippen molar-refractivity contribution in [2.45, 2.75) is 41.5 Å². The van der Waals surface area contributed by atoms with Crippen LogP contribution in [0.2, 0.25) is 0 Å². The molecule has 4 nitrogen and oxygen atoms in total. The number of para-hydroxylation sites is 6. The van der Waals surface area contributed by atoms with Crippen molar-refractivity contribution in [2.24, 2.45) is 0 Å². The van der Waals surface area contributed by atoms with Crippen LogP contribution in [0.15, 0.2) is 255 Å². The van der Waals surface area contributed by atoms with E-state index in [1.54, 1.807) is 0 Å². The normalized spacial score (nSPS) is 12.4. The van der Waals surface area contributed by atoms with Gasteiger partial charge in [0.15, 0.2) is 0 Å². The molecule has 0 saturated carbocycles. The van der Waals surface area contributed by atoms with E-state index in [9.17, 15) is 0 Å². The Morgan fingerprint density at radius 1 is 0.256 bits per heavy atom. The second-order valence-corrected chi connectivity index (χ2v) is 21.3. The number of hydrogen-bond donors (Lipinski definition) is 0. The van der Waals surface area contributed by atoms with E-state index in [0.29, 0.717) is 0 Å². The molecule has 0 N–H and O–H groups in total. The Kier molecular flexibility index (Phi) is 12.4. The van der Waals surface area contributed by atoms with Crippen LogP contribution in [0.1, 0.15) is 33.4 Å². The van der Waals surface area contributed by atoms with Crippen molar-refractivity contribution in [2.75, 3.05) is 19.6 Å². The summed E-state index contributed by atoms with van der Waals surface area (Å²) in [5.41, 5.74) is 29.0. The zero-order valence-corrected chi connectivity index (χ0v) is 45.2. The van der Waals surface area contributed by atoms with Crippen LogP contribution in [0.4, 0.5) is 68.2 Å². The smallest absolute Gasteiger partial charge is 0.247 e. The predicted molar refractivity (Wildman–Crippen MR) is 336 cm³/mol. The third kappa shape index (κ3) is 8.45. The van der Waals surface area contributed by atoms with Crippen molar-refractivity contribution in [3.63, 3.8) is 0 Å². The molecule has 0 aromatic heterocycles. The van der Waals surface area contributed by atoms with Crippen LogP contribution in [0.25, 0.3) is 0 Å². The monoisotopic (exact) mass is 1000 g/mol. The highest BCUT2D eigenvalue weighted by Crippen LogP contribution is 2.45. The summed E-state index contributed by atoms with van der Waals surface area (Å²) < 4.78 is 0. The minimum absolute atomic E-state index is 0.125. The molecule has 0 aliphatic carbocycles. The van der Waals surface area contributed by atoms with E-state index in [2.05, 4.69) is 316 Å². The van der Waals surface area contributed by atoms with Crippen LogP contribution in [0.3, 0.4) is 0 Å². The maximum atomic E-state index is 2.63. The molecule has 374 valence electrons. The minimum atomic E-state index is -0.125. The molecule has 0 atom stereocenters. The van der Waals surface area contributed by atoms with Gasteiger partial charge in [0, 0.05) is 68.2 Å². The van der Waals surface area contributed by atoms with Crippen molar-refractivity contribution in [3.05, 3.63) is 288 Å². The molecule has 78 heavy (non-hydrogen) atoms. The summed E-state index contributed by atoms with van der Waals surface area (Å²) in [6.45, 7) is 13.5. The molecular formula is C72H60B2N4. The average Bonchev–Trinajstić information content (AvgIpc) is 3.50. The third-order valence-electron chi connectivity index (χ3n) is 16.1. The van der Waals surface area contributed by atoms with Gasteiger partial charge in [0.25, 0.3) is 0 Å². The molecule has 0 saturated heterocycles. The SMILES string of the molecule is Cc1cc(C)c(B2c3cc(N(c4ccccc4)c4ccccc4)ccc3N(c3ccccc3)c3cc4c(cc32)B(c2c(C)cc(C)cc2C)c2cc(N(c3ccccc3)c3ccccc3)ccc2N4c2ccccc2)c(C)c1. The van der Waals surface area contributed by atoms with Crippen LogP contribution in [0, 0.1) is 41.5 Å². The molecule has 11 aromatic rings. The van der Waals surface area contributed by atoms with E-state index in [1.165, 1.54) is 88.9 Å². The summed E-state index contributed by atoms with van der Waals surface area (Å²) in [5.74, 6) is 0. The van der Waals surface area contributed by atoms with Crippen LogP contribution in [0.5, 0.6) is 0 Å². The van der Waals surface area contributed by atoms with Gasteiger partial charge in [-0.25, -0.2) is 0 Å². The predicted octanol–water partition coefficient (Wildman–Crippen LogP) is 15.1. The lowest BCUT2D eigenvalue weighted by atomic mass is 9.30. The lowest BCUT2D eigenvalue weighted by Crippen LogP contribution is -2.63. The highest BCUT2D eigenvalue weighted by Gasteiger charge is 2.43. The number of anilines is 12. The van der Waals surface area contributed by atoms with Gasteiger partial charge in [0.05, 0.1) is 0 Å². The quantitative estimate of drug-likeness (QED) is 0.127. The molecule has 0 bridgehead atoms. The highest BCUT2D eigenvalue weighted by molar-refractivity contribution is 7.01. The Labute approximate surface area is 461 Å². The number of nitrogens with zero attached hydrogens (tertiary/aromatic N) is 4. The first kappa shape index (κ1) is 48.4. The van der Waals surface area contributed by atoms with E-state index in [4.69, 9.17) is 0 Å². The molecular weight excluding hydrogens is 942 g/mol. The fourth-order valence-corrected chi connectivity index (χ4v) is 13.1. The average molecular weight is 1000 g/mol. The summed E-state index contributed by atoms with van der Waals surface area (Å²) >= 11 is 0. The molecule has 2 heterocycles.